The van der Waals surface area contributed by atoms with Crippen LogP contribution in [-0.2, 0) is 6.54 Å². The first-order valence-corrected chi connectivity index (χ1v) is 7.59. The van der Waals surface area contributed by atoms with Crippen molar-refractivity contribution in [3.63, 3.8) is 0 Å². The molecular weight excluding hydrogens is 250 g/mol. The summed E-state index contributed by atoms with van der Waals surface area (Å²) in [5.41, 5.74) is 3.23. The Balaban J connectivity index is 1.91. The second-order valence-electron chi connectivity index (χ2n) is 5.91. The van der Waals surface area contributed by atoms with Crippen LogP contribution in [0.1, 0.15) is 25.3 Å². The monoisotopic (exact) mass is 273 g/mol. The number of piperidine rings is 1. The fraction of sp³-hybridized carbons (Fsp3) is 0.562. The van der Waals surface area contributed by atoms with Crippen LogP contribution in [0, 0.1) is 12.8 Å². The minimum Gasteiger partial charge on any atom is -0.306 e. The van der Waals surface area contributed by atoms with Gasteiger partial charge in [-0.25, -0.2) is 4.79 Å². The van der Waals surface area contributed by atoms with Crippen LogP contribution in [0.15, 0.2) is 23.0 Å². The fourth-order valence-corrected chi connectivity index (χ4v) is 3.42. The highest BCUT2D eigenvalue weighted by Gasteiger charge is 2.21. The molecule has 0 bridgehead atoms. The van der Waals surface area contributed by atoms with Crippen LogP contribution in [-0.4, -0.2) is 34.1 Å². The maximum absolute atomic E-state index is 12.2. The topological polar surface area (TPSA) is 41.0 Å². The molecule has 4 heteroatoms. The molecule has 0 spiro atoms. The van der Waals surface area contributed by atoms with Gasteiger partial charge >= 0.3 is 5.69 Å². The van der Waals surface area contributed by atoms with Gasteiger partial charge in [0.2, 0.25) is 0 Å². The van der Waals surface area contributed by atoms with E-state index in [0.29, 0.717) is 5.92 Å². The van der Waals surface area contributed by atoms with Gasteiger partial charge in [-0.15, -0.1) is 0 Å². The van der Waals surface area contributed by atoms with Crippen molar-refractivity contribution in [3.8, 4) is 0 Å². The zero-order valence-electron chi connectivity index (χ0n) is 12.4. The van der Waals surface area contributed by atoms with E-state index in [1.807, 2.05) is 16.7 Å². The van der Waals surface area contributed by atoms with Gasteiger partial charge in [-0.05, 0) is 50.4 Å². The molecule has 3 rings (SSSR count). The largest absolute Gasteiger partial charge is 0.326 e. The SMILES string of the molecule is CCN1CCCC(Cn2c(=O)[nH]c3cccc(C)c32)C1. The average Bonchev–Trinajstić information content (AvgIpc) is 2.77. The van der Waals surface area contributed by atoms with Crippen molar-refractivity contribution >= 4 is 11.0 Å². The van der Waals surface area contributed by atoms with Crippen molar-refractivity contribution in [2.24, 2.45) is 5.92 Å². The number of nitrogens with zero attached hydrogens (tertiary/aromatic N) is 2. The molecule has 1 aromatic heterocycles. The van der Waals surface area contributed by atoms with Crippen molar-refractivity contribution in [2.75, 3.05) is 19.6 Å². The highest BCUT2D eigenvalue weighted by atomic mass is 16.1. The van der Waals surface area contributed by atoms with E-state index in [-0.39, 0.29) is 5.69 Å². The molecule has 0 radical (unpaired) electrons. The first kappa shape index (κ1) is 13.4. The number of aromatic amines is 1. The number of benzene rings is 1. The quantitative estimate of drug-likeness (QED) is 0.932. The summed E-state index contributed by atoms with van der Waals surface area (Å²) in [6.07, 6.45) is 2.47. The van der Waals surface area contributed by atoms with E-state index in [1.54, 1.807) is 0 Å². The minimum absolute atomic E-state index is 0.0305. The number of H-pyrrole nitrogens is 1. The molecular formula is C16H23N3O. The molecule has 0 amide bonds. The summed E-state index contributed by atoms with van der Waals surface area (Å²) in [7, 11) is 0. The van der Waals surface area contributed by atoms with Gasteiger partial charge in [-0.1, -0.05) is 19.1 Å². The second kappa shape index (κ2) is 5.44. The number of fused-ring (bicyclic) bond motifs is 1. The Bertz CT molecular complexity index is 655. The lowest BCUT2D eigenvalue weighted by molar-refractivity contribution is 0.170. The predicted octanol–water partition coefficient (Wildman–Crippen LogP) is 2.37. The molecule has 0 saturated carbocycles. The van der Waals surface area contributed by atoms with Gasteiger partial charge in [-0.3, -0.25) is 4.57 Å². The molecule has 2 heterocycles. The third kappa shape index (κ3) is 2.40. The summed E-state index contributed by atoms with van der Waals surface area (Å²) in [4.78, 5) is 17.7. The van der Waals surface area contributed by atoms with Gasteiger partial charge in [0.15, 0.2) is 0 Å². The zero-order valence-corrected chi connectivity index (χ0v) is 12.4. The van der Waals surface area contributed by atoms with Gasteiger partial charge in [0.1, 0.15) is 0 Å². The van der Waals surface area contributed by atoms with Crippen LogP contribution < -0.4 is 5.69 Å². The molecule has 1 aromatic carbocycles. The maximum Gasteiger partial charge on any atom is 0.326 e. The number of aromatic nitrogens is 2. The van der Waals surface area contributed by atoms with E-state index >= 15 is 0 Å². The molecule has 1 aliphatic rings. The minimum atomic E-state index is 0.0305. The van der Waals surface area contributed by atoms with E-state index in [4.69, 9.17) is 0 Å². The highest BCUT2D eigenvalue weighted by Crippen LogP contribution is 2.21. The molecule has 1 atom stereocenters. The lowest BCUT2D eigenvalue weighted by atomic mass is 9.98. The number of para-hydroxylation sites is 1. The van der Waals surface area contributed by atoms with Crippen LogP contribution >= 0.6 is 0 Å². The van der Waals surface area contributed by atoms with E-state index in [0.717, 1.165) is 30.7 Å². The highest BCUT2D eigenvalue weighted by molar-refractivity contribution is 5.78. The Morgan fingerprint density at radius 3 is 3.05 bits per heavy atom. The van der Waals surface area contributed by atoms with E-state index in [1.165, 1.54) is 24.9 Å². The normalized spacial score (nSPS) is 20.6. The van der Waals surface area contributed by atoms with Gasteiger partial charge in [0.05, 0.1) is 11.0 Å². The Kier molecular flexibility index (Phi) is 3.66. The van der Waals surface area contributed by atoms with Gasteiger partial charge in [-0.2, -0.15) is 0 Å². The average molecular weight is 273 g/mol. The molecule has 2 aromatic rings. The summed E-state index contributed by atoms with van der Waals surface area (Å²) in [5, 5.41) is 0. The van der Waals surface area contributed by atoms with Gasteiger partial charge in [0, 0.05) is 13.1 Å². The van der Waals surface area contributed by atoms with Gasteiger partial charge in [0.25, 0.3) is 0 Å². The maximum atomic E-state index is 12.2. The van der Waals surface area contributed by atoms with E-state index in [2.05, 4.69) is 29.8 Å². The first-order valence-electron chi connectivity index (χ1n) is 7.59. The summed E-state index contributed by atoms with van der Waals surface area (Å²) < 4.78 is 1.94. The zero-order chi connectivity index (χ0) is 14.1. The van der Waals surface area contributed by atoms with Crippen LogP contribution in [0.5, 0.6) is 0 Å². The smallest absolute Gasteiger partial charge is 0.306 e. The number of likely N-dealkylation sites (tertiary alicyclic amines) is 1. The summed E-state index contributed by atoms with van der Waals surface area (Å²) in [6, 6.07) is 6.06. The Morgan fingerprint density at radius 2 is 2.25 bits per heavy atom. The van der Waals surface area contributed by atoms with Crippen LogP contribution in [0.25, 0.3) is 11.0 Å². The number of hydrogen-bond donors (Lipinski definition) is 1. The molecule has 20 heavy (non-hydrogen) atoms. The third-order valence-corrected chi connectivity index (χ3v) is 4.49. The Morgan fingerprint density at radius 1 is 1.40 bits per heavy atom. The second-order valence-corrected chi connectivity index (χ2v) is 5.91. The number of imidazole rings is 1. The first-order chi connectivity index (χ1) is 9.69. The molecule has 4 nitrogen and oxygen atoms in total. The summed E-state index contributed by atoms with van der Waals surface area (Å²) in [5.74, 6) is 0.583. The van der Waals surface area contributed by atoms with Crippen LogP contribution in [0.4, 0.5) is 0 Å². The molecule has 1 unspecified atom stereocenters. The summed E-state index contributed by atoms with van der Waals surface area (Å²) in [6.45, 7) is 8.55. The third-order valence-electron chi connectivity index (χ3n) is 4.49. The van der Waals surface area contributed by atoms with Crippen molar-refractivity contribution in [1.82, 2.24) is 14.5 Å². The van der Waals surface area contributed by atoms with Crippen molar-refractivity contribution in [1.29, 1.82) is 0 Å². The molecule has 1 saturated heterocycles. The fourth-order valence-electron chi connectivity index (χ4n) is 3.42. The lowest BCUT2D eigenvalue weighted by Crippen LogP contribution is -2.38. The predicted molar refractivity (Wildman–Crippen MR) is 82.1 cm³/mol. The van der Waals surface area contributed by atoms with Crippen molar-refractivity contribution in [2.45, 2.75) is 33.2 Å². The van der Waals surface area contributed by atoms with Crippen molar-refractivity contribution < 1.29 is 0 Å². The number of hydrogen-bond acceptors (Lipinski definition) is 2. The van der Waals surface area contributed by atoms with E-state index < -0.39 is 0 Å². The number of nitrogens with one attached hydrogen (secondary N) is 1. The van der Waals surface area contributed by atoms with Gasteiger partial charge < -0.3 is 9.88 Å². The van der Waals surface area contributed by atoms with Crippen LogP contribution in [0.3, 0.4) is 0 Å². The van der Waals surface area contributed by atoms with Crippen LogP contribution in [0.2, 0.25) is 0 Å². The molecule has 1 aliphatic heterocycles. The Labute approximate surface area is 119 Å². The van der Waals surface area contributed by atoms with Crippen molar-refractivity contribution in [3.05, 3.63) is 34.2 Å². The molecule has 108 valence electrons. The molecule has 0 aliphatic carbocycles. The number of aryl methyl sites for hydroxylation is 1. The Hall–Kier alpha value is -1.55. The number of rotatable bonds is 3. The molecule has 1 fully saturated rings. The lowest BCUT2D eigenvalue weighted by Gasteiger charge is -2.31. The van der Waals surface area contributed by atoms with E-state index in [9.17, 15) is 4.79 Å². The standard InChI is InChI=1S/C16H23N3O/c1-3-18-9-5-7-13(10-18)11-19-15-12(2)6-4-8-14(15)17-16(19)20/h4,6,8,13H,3,5,7,9-11H2,1-2H3,(H,17,20). The summed E-state index contributed by atoms with van der Waals surface area (Å²) >= 11 is 0. The molecule has 1 N–H and O–H groups in total.